The van der Waals surface area contributed by atoms with E-state index in [2.05, 4.69) is 4.98 Å². The quantitative estimate of drug-likeness (QED) is 0.941. The number of pyridine rings is 1. The highest BCUT2D eigenvalue weighted by atomic mass is 35.5. The van der Waals surface area contributed by atoms with Crippen molar-refractivity contribution < 1.29 is 8.42 Å². The number of anilines is 2. The van der Waals surface area contributed by atoms with Crippen molar-refractivity contribution in [3.8, 4) is 0 Å². The molecule has 1 heterocycles. The molecule has 0 bridgehead atoms. The molecular formula is C13H14ClN3O2S. The molecule has 0 aliphatic rings. The van der Waals surface area contributed by atoms with Crippen molar-refractivity contribution >= 4 is 33.1 Å². The molecule has 0 saturated carbocycles. The van der Waals surface area contributed by atoms with Gasteiger partial charge in [-0.25, -0.2) is 13.4 Å². The van der Waals surface area contributed by atoms with Gasteiger partial charge in [0.05, 0.1) is 10.7 Å². The summed E-state index contributed by atoms with van der Waals surface area (Å²) in [6.07, 6.45) is 1.21. The van der Waals surface area contributed by atoms with Gasteiger partial charge in [0.1, 0.15) is 10.7 Å². The first-order valence-electron chi connectivity index (χ1n) is 5.95. The molecule has 0 unspecified atom stereocenters. The van der Waals surface area contributed by atoms with Crippen LogP contribution in [-0.4, -0.2) is 19.9 Å². The Kier molecular flexibility index (Phi) is 4.15. The Bertz CT molecular complexity index is 705. The standard InChI is InChI=1S/C13H14ClN3O2S/c1-2-17(10-6-4-3-5-7-10)20(18,19)11-8-12(14)13(15)16-9-11/h3-9H,2H2,1H3,(H2,15,16). The second kappa shape index (κ2) is 5.68. The Morgan fingerprint density at radius 1 is 1.30 bits per heavy atom. The zero-order valence-corrected chi connectivity index (χ0v) is 12.4. The van der Waals surface area contributed by atoms with Crippen LogP contribution in [0.1, 0.15) is 6.92 Å². The number of nitrogens with two attached hydrogens (primary N) is 1. The second-order valence-corrected chi connectivity index (χ2v) is 6.31. The fourth-order valence-electron chi connectivity index (χ4n) is 1.78. The number of hydrogen-bond donors (Lipinski definition) is 1. The van der Waals surface area contributed by atoms with Crippen molar-refractivity contribution in [3.05, 3.63) is 47.6 Å². The molecule has 7 heteroatoms. The van der Waals surface area contributed by atoms with Crippen molar-refractivity contribution in [3.63, 3.8) is 0 Å². The Labute approximate surface area is 123 Å². The Morgan fingerprint density at radius 3 is 2.50 bits per heavy atom. The van der Waals surface area contributed by atoms with Crippen LogP contribution >= 0.6 is 11.6 Å². The monoisotopic (exact) mass is 311 g/mol. The van der Waals surface area contributed by atoms with Gasteiger partial charge in [-0.3, -0.25) is 4.31 Å². The first kappa shape index (κ1) is 14.6. The molecule has 0 spiro atoms. The lowest BCUT2D eigenvalue weighted by atomic mass is 10.3. The number of nitrogens with zero attached hydrogens (tertiary/aromatic N) is 2. The van der Waals surface area contributed by atoms with Crippen molar-refractivity contribution in [2.75, 3.05) is 16.6 Å². The van der Waals surface area contributed by atoms with Crippen LogP contribution < -0.4 is 10.0 Å². The molecular weight excluding hydrogens is 298 g/mol. The third-order valence-corrected chi connectivity index (χ3v) is 4.93. The van der Waals surface area contributed by atoms with Crippen LogP contribution in [0.4, 0.5) is 11.5 Å². The number of sulfonamides is 1. The maximum atomic E-state index is 12.6. The topological polar surface area (TPSA) is 76.3 Å². The van der Waals surface area contributed by atoms with Gasteiger partial charge in [0, 0.05) is 12.7 Å². The second-order valence-electron chi connectivity index (χ2n) is 4.04. The molecule has 0 atom stereocenters. The molecule has 0 radical (unpaired) electrons. The smallest absolute Gasteiger partial charge is 0.265 e. The van der Waals surface area contributed by atoms with Gasteiger partial charge in [-0.1, -0.05) is 29.8 Å². The average Bonchev–Trinajstić information content (AvgIpc) is 2.43. The molecule has 0 saturated heterocycles. The number of hydrogen-bond acceptors (Lipinski definition) is 4. The summed E-state index contributed by atoms with van der Waals surface area (Å²) in [6, 6.07) is 10.2. The zero-order valence-electron chi connectivity index (χ0n) is 10.8. The van der Waals surface area contributed by atoms with E-state index in [0.717, 1.165) is 0 Å². The van der Waals surface area contributed by atoms with E-state index in [1.165, 1.54) is 16.6 Å². The SMILES string of the molecule is CCN(c1ccccc1)S(=O)(=O)c1cnc(N)c(Cl)c1. The number of rotatable bonds is 4. The minimum atomic E-state index is -3.71. The fraction of sp³-hybridized carbons (Fsp3) is 0.154. The lowest BCUT2D eigenvalue weighted by Crippen LogP contribution is -2.30. The maximum absolute atomic E-state index is 12.6. The summed E-state index contributed by atoms with van der Waals surface area (Å²) < 4.78 is 26.5. The third kappa shape index (κ3) is 2.71. The summed E-state index contributed by atoms with van der Waals surface area (Å²) in [5.74, 6) is 0.105. The molecule has 1 aromatic carbocycles. The number of para-hydroxylation sites is 1. The van der Waals surface area contributed by atoms with E-state index in [1.54, 1.807) is 31.2 Å². The predicted octanol–water partition coefficient (Wildman–Crippen LogP) is 2.53. The van der Waals surface area contributed by atoms with E-state index < -0.39 is 10.0 Å². The highest BCUT2D eigenvalue weighted by Gasteiger charge is 2.24. The van der Waals surface area contributed by atoms with E-state index in [0.29, 0.717) is 12.2 Å². The summed E-state index contributed by atoms with van der Waals surface area (Å²) in [5.41, 5.74) is 6.09. The van der Waals surface area contributed by atoms with Gasteiger partial charge in [0.25, 0.3) is 10.0 Å². The summed E-state index contributed by atoms with van der Waals surface area (Å²) in [7, 11) is -3.71. The van der Waals surface area contributed by atoms with E-state index in [1.807, 2.05) is 6.07 Å². The minimum Gasteiger partial charge on any atom is -0.382 e. The maximum Gasteiger partial charge on any atom is 0.265 e. The predicted molar refractivity (Wildman–Crippen MR) is 80.3 cm³/mol. The summed E-state index contributed by atoms with van der Waals surface area (Å²) in [6.45, 7) is 2.06. The van der Waals surface area contributed by atoms with Crippen LogP contribution in [0.15, 0.2) is 47.5 Å². The number of halogens is 1. The normalized spacial score (nSPS) is 11.3. The molecule has 106 valence electrons. The number of benzene rings is 1. The first-order valence-corrected chi connectivity index (χ1v) is 7.77. The van der Waals surface area contributed by atoms with Crippen LogP contribution in [0, 0.1) is 0 Å². The van der Waals surface area contributed by atoms with Crippen LogP contribution in [0.5, 0.6) is 0 Å². The molecule has 1 aromatic heterocycles. The fourth-order valence-corrected chi connectivity index (χ4v) is 3.46. The van der Waals surface area contributed by atoms with Crippen LogP contribution in [-0.2, 0) is 10.0 Å². The lowest BCUT2D eigenvalue weighted by Gasteiger charge is -2.22. The molecule has 2 rings (SSSR count). The lowest BCUT2D eigenvalue weighted by molar-refractivity contribution is 0.591. The van der Waals surface area contributed by atoms with Crippen molar-refractivity contribution in [1.82, 2.24) is 4.98 Å². The van der Waals surface area contributed by atoms with Crippen LogP contribution in [0.2, 0.25) is 5.02 Å². The van der Waals surface area contributed by atoms with Crippen LogP contribution in [0.3, 0.4) is 0 Å². The number of nitrogen functional groups attached to an aromatic ring is 1. The molecule has 2 aromatic rings. The molecule has 0 aliphatic heterocycles. The Hall–Kier alpha value is -1.79. The van der Waals surface area contributed by atoms with Crippen LogP contribution in [0.25, 0.3) is 0 Å². The molecule has 0 amide bonds. The molecule has 20 heavy (non-hydrogen) atoms. The summed E-state index contributed by atoms with van der Waals surface area (Å²) >= 11 is 5.84. The largest absolute Gasteiger partial charge is 0.382 e. The van der Waals surface area contributed by atoms with Gasteiger partial charge < -0.3 is 5.73 Å². The minimum absolute atomic E-state index is 0.0161. The summed E-state index contributed by atoms with van der Waals surface area (Å²) in [5, 5.41) is 0.121. The highest BCUT2D eigenvalue weighted by Crippen LogP contribution is 2.26. The van der Waals surface area contributed by atoms with E-state index in [9.17, 15) is 8.42 Å². The molecule has 0 fully saturated rings. The van der Waals surface area contributed by atoms with Crippen molar-refractivity contribution in [2.45, 2.75) is 11.8 Å². The first-order chi connectivity index (χ1) is 9.46. The van der Waals surface area contributed by atoms with Gasteiger partial charge in [-0.2, -0.15) is 0 Å². The molecule has 0 aliphatic carbocycles. The van der Waals surface area contributed by atoms with Gasteiger partial charge in [0.2, 0.25) is 0 Å². The Morgan fingerprint density at radius 2 is 1.95 bits per heavy atom. The zero-order chi connectivity index (χ0) is 14.8. The van der Waals surface area contributed by atoms with Gasteiger partial charge in [-0.05, 0) is 25.1 Å². The van der Waals surface area contributed by atoms with Gasteiger partial charge in [-0.15, -0.1) is 0 Å². The average molecular weight is 312 g/mol. The molecule has 2 N–H and O–H groups in total. The third-order valence-electron chi connectivity index (χ3n) is 2.76. The Balaban J connectivity index is 2.50. The molecule has 5 nitrogen and oxygen atoms in total. The van der Waals surface area contributed by atoms with E-state index in [-0.39, 0.29) is 15.7 Å². The van der Waals surface area contributed by atoms with E-state index in [4.69, 9.17) is 17.3 Å². The van der Waals surface area contributed by atoms with Gasteiger partial charge >= 0.3 is 0 Å². The van der Waals surface area contributed by atoms with Gasteiger partial charge in [0.15, 0.2) is 0 Å². The van der Waals surface area contributed by atoms with E-state index >= 15 is 0 Å². The number of aromatic nitrogens is 1. The summed E-state index contributed by atoms with van der Waals surface area (Å²) in [4.78, 5) is 3.81. The van der Waals surface area contributed by atoms with Crippen molar-refractivity contribution in [2.24, 2.45) is 0 Å². The van der Waals surface area contributed by atoms with Crippen molar-refractivity contribution in [1.29, 1.82) is 0 Å². The highest BCUT2D eigenvalue weighted by molar-refractivity contribution is 7.92.